The van der Waals surface area contributed by atoms with Gasteiger partial charge in [0.25, 0.3) is 17.9 Å². The lowest BCUT2D eigenvalue weighted by atomic mass is 9.86. The molecule has 6 nitrogen and oxygen atoms in total. The third-order valence-corrected chi connectivity index (χ3v) is 6.53. The topological polar surface area (TPSA) is 79.8 Å². The van der Waals surface area contributed by atoms with Crippen LogP contribution >= 0.6 is 11.3 Å². The largest absolute Gasteiger partial charge is 0.435 e. The molecule has 0 spiro atoms. The van der Waals surface area contributed by atoms with E-state index in [9.17, 15) is 53.5 Å². The van der Waals surface area contributed by atoms with E-state index in [1.165, 1.54) is 18.3 Å². The minimum atomic E-state index is -5.41. The molecule has 0 bridgehead atoms. The Bertz CT molecular complexity index is 1270. The van der Waals surface area contributed by atoms with Gasteiger partial charge in [-0.1, -0.05) is 5.16 Å². The molecule has 38 heavy (non-hydrogen) atoms. The Morgan fingerprint density at radius 1 is 1.08 bits per heavy atom. The Balaban J connectivity index is 1.83. The van der Waals surface area contributed by atoms with Gasteiger partial charge in [-0.2, -0.15) is 26.3 Å². The van der Waals surface area contributed by atoms with Gasteiger partial charge in [0, 0.05) is 11.6 Å². The Kier molecular flexibility index (Phi) is 8.00. The number of aryl methyl sites for hydroxylation is 1. The Morgan fingerprint density at radius 3 is 2.32 bits per heavy atom. The number of nitrogens with zero attached hydrogens (tertiary/aromatic N) is 1. The van der Waals surface area contributed by atoms with Gasteiger partial charge in [0.15, 0.2) is 0 Å². The highest BCUT2D eigenvalue weighted by molar-refractivity contribution is 7.16. The number of amides is 2. The first kappa shape index (κ1) is 29.2. The molecule has 1 aromatic carbocycles. The van der Waals surface area contributed by atoms with E-state index in [1.807, 2.05) is 0 Å². The molecule has 0 radical (unpaired) electrons. The van der Waals surface area contributed by atoms with E-state index in [-0.39, 0.29) is 27.5 Å². The molecule has 2 aromatic rings. The van der Waals surface area contributed by atoms with Crippen LogP contribution in [-0.2, 0) is 15.2 Å². The third-order valence-electron chi connectivity index (χ3n) is 5.25. The second kappa shape index (κ2) is 10.4. The highest BCUT2D eigenvalue weighted by Gasteiger charge is 2.63. The summed E-state index contributed by atoms with van der Waals surface area (Å²) < 4.78 is 133. The standard InChI is InChI=1S/C21H15F10N3O3S/c1-8-2-14(38-16(8)18(36)32-6-15(35)33-7-20(26,27)28)13-5-19(37-34-13,21(29,30)31)10-3-9(17(24)25)11(22)4-12(10)23/h2-4,17H,5-7H2,1H3,(H,32,36)(H,33,35). The Morgan fingerprint density at radius 2 is 1.74 bits per heavy atom. The van der Waals surface area contributed by atoms with E-state index in [2.05, 4.69) is 15.3 Å². The predicted molar refractivity (Wildman–Crippen MR) is 112 cm³/mol. The van der Waals surface area contributed by atoms with Crippen LogP contribution < -0.4 is 10.6 Å². The number of halogens is 10. The smallest absolute Gasteiger partial charge is 0.374 e. The van der Waals surface area contributed by atoms with Crippen LogP contribution in [0.25, 0.3) is 0 Å². The van der Waals surface area contributed by atoms with Crippen molar-refractivity contribution in [3.05, 3.63) is 56.3 Å². The van der Waals surface area contributed by atoms with E-state index in [1.54, 1.807) is 0 Å². The van der Waals surface area contributed by atoms with Crippen molar-refractivity contribution in [2.75, 3.05) is 13.1 Å². The second-order valence-corrected chi connectivity index (χ2v) is 9.03. The second-order valence-electron chi connectivity index (χ2n) is 7.98. The summed E-state index contributed by atoms with van der Waals surface area (Å²) in [5.74, 6) is -5.65. The summed E-state index contributed by atoms with van der Waals surface area (Å²) >= 11 is 0.580. The summed E-state index contributed by atoms with van der Waals surface area (Å²) in [7, 11) is 0. The summed E-state index contributed by atoms with van der Waals surface area (Å²) in [4.78, 5) is 28.2. The molecule has 0 saturated heterocycles. The summed E-state index contributed by atoms with van der Waals surface area (Å²) in [6.07, 6.45) is -14.9. The summed E-state index contributed by atoms with van der Waals surface area (Å²) in [5, 5.41) is 6.93. The van der Waals surface area contributed by atoms with Crippen LogP contribution in [0.15, 0.2) is 23.4 Å². The predicted octanol–water partition coefficient (Wildman–Crippen LogP) is 5.26. The van der Waals surface area contributed by atoms with Gasteiger partial charge >= 0.3 is 12.4 Å². The molecule has 208 valence electrons. The van der Waals surface area contributed by atoms with Crippen LogP contribution in [0.3, 0.4) is 0 Å². The number of oxime groups is 1. The van der Waals surface area contributed by atoms with E-state index in [4.69, 9.17) is 0 Å². The van der Waals surface area contributed by atoms with Gasteiger partial charge in [0.1, 0.15) is 23.9 Å². The van der Waals surface area contributed by atoms with Gasteiger partial charge in [0.2, 0.25) is 5.91 Å². The van der Waals surface area contributed by atoms with Gasteiger partial charge in [-0.15, -0.1) is 11.3 Å². The maximum absolute atomic E-state index is 14.4. The number of rotatable bonds is 7. The number of hydrogen-bond donors (Lipinski definition) is 2. The first-order valence-electron chi connectivity index (χ1n) is 10.3. The molecule has 1 aromatic heterocycles. The van der Waals surface area contributed by atoms with Crippen molar-refractivity contribution < 1.29 is 58.3 Å². The normalized spacial score (nSPS) is 17.8. The van der Waals surface area contributed by atoms with Crippen molar-refractivity contribution in [1.82, 2.24) is 10.6 Å². The lowest BCUT2D eigenvalue weighted by molar-refractivity contribution is -0.276. The van der Waals surface area contributed by atoms with Crippen molar-refractivity contribution in [1.29, 1.82) is 0 Å². The maximum atomic E-state index is 14.4. The molecule has 2 N–H and O–H groups in total. The van der Waals surface area contributed by atoms with Crippen molar-refractivity contribution in [3.63, 3.8) is 0 Å². The number of thiophene rings is 1. The van der Waals surface area contributed by atoms with Crippen molar-refractivity contribution in [2.45, 2.75) is 37.7 Å². The van der Waals surface area contributed by atoms with E-state index in [0.29, 0.717) is 11.3 Å². The van der Waals surface area contributed by atoms with Crippen LogP contribution in [0.1, 0.15) is 44.1 Å². The zero-order valence-corrected chi connectivity index (χ0v) is 19.6. The molecule has 17 heteroatoms. The number of benzene rings is 1. The highest BCUT2D eigenvalue weighted by Crippen LogP contribution is 2.50. The lowest BCUT2D eigenvalue weighted by Crippen LogP contribution is -2.43. The van der Waals surface area contributed by atoms with Crippen molar-refractivity contribution in [3.8, 4) is 0 Å². The van der Waals surface area contributed by atoms with E-state index in [0.717, 1.165) is 0 Å². The fraction of sp³-hybridized carbons (Fsp3) is 0.381. The SMILES string of the molecule is Cc1cc(C2=NOC(c3cc(C(F)F)c(F)cc3F)(C(F)(F)F)C2)sc1C(=O)NCC(=O)NCC(F)(F)F. The molecule has 1 unspecified atom stereocenters. The fourth-order valence-corrected chi connectivity index (χ4v) is 4.48. The molecule has 1 aliphatic heterocycles. The van der Waals surface area contributed by atoms with Crippen LogP contribution in [0.2, 0.25) is 0 Å². The summed E-state index contributed by atoms with van der Waals surface area (Å²) in [5.41, 5.74) is -6.75. The number of carbonyl (C=O) groups is 2. The first-order chi connectivity index (χ1) is 17.4. The Labute approximate surface area is 210 Å². The fourth-order valence-electron chi connectivity index (χ4n) is 3.41. The first-order valence-corrected chi connectivity index (χ1v) is 11.1. The average molecular weight is 579 g/mol. The van der Waals surface area contributed by atoms with E-state index >= 15 is 0 Å². The lowest BCUT2D eigenvalue weighted by Gasteiger charge is -2.30. The number of carbonyl (C=O) groups excluding carboxylic acids is 2. The summed E-state index contributed by atoms with van der Waals surface area (Å²) in [6.45, 7) is -1.10. The van der Waals surface area contributed by atoms with Gasteiger partial charge in [-0.05, 0) is 24.6 Å². The molecule has 1 atom stereocenters. The summed E-state index contributed by atoms with van der Waals surface area (Å²) in [6, 6.07) is 1.11. The number of hydrogen-bond acceptors (Lipinski definition) is 5. The molecule has 3 rings (SSSR count). The van der Waals surface area contributed by atoms with E-state index < -0.39 is 84.2 Å². The highest BCUT2D eigenvalue weighted by atomic mass is 32.1. The quantitative estimate of drug-likeness (QED) is 0.440. The molecule has 2 heterocycles. The minimum Gasteiger partial charge on any atom is -0.374 e. The Hall–Kier alpha value is -3.37. The zero-order valence-electron chi connectivity index (χ0n) is 18.8. The molecular formula is C21H15F10N3O3S. The monoisotopic (exact) mass is 579 g/mol. The third kappa shape index (κ3) is 6.02. The van der Waals surface area contributed by atoms with Crippen molar-refractivity contribution in [2.24, 2.45) is 5.16 Å². The van der Waals surface area contributed by atoms with Gasteiger partial charge in [-0.3, -0.25) is 9.59 Å². The van der Waals surface area contributed by atoms with Crippen LogP contribution in [0.4, 0.5) is 43.9 Å². The molecule has 0 fully saturated rings. The average Bonchev–Trinajstić information content (AvgIpc) is 3.40. The molecule has 0 aliphatic carbocycles. The van der Waals surface area contributed by atoms with Crippen LogP contribution in [0, 0.1) is 18.6 Å². The molecule has 1 aliphatic rings. The van der Waals surface area contributed by atoms with Crippen LogP contribution in [0.5, 0.6) is 0 Å². The number of nitrogens with one attached hydrogen (secondary N) is 2. The van der Waals surface area contributed by atoms with Crippen LogP contribution in [-0.4, -0.2) is 43.0 Å². The van der Waals surface area contributed by atoms with Gasteiger partial charge < -0.3 is 15.5 Å². The maximum Gasteiger partial charge on any atom is 0.435 e. The zero-order chi connectivity index (χ0) is 28.6. The minimum absolute atomic E-state index is 0.0175. The molecule has 0 saturated carbocycles. The van der Waals surface area contributed by atoms with Crippen molar-refractivity contribution >= 4 is 28.9 Å². The number of alkyl halides is 8. The van der Waals surface area contributed by atoms with Gasteiger partial charge in [-0.25, -0.2) is 17.6 Å². The molecular weight excluding hydrogens is 564 g/mol. The van der Waals surface area contributed by atoms with Gasteiger partial charge in [0.05, 0.1) is 28.3 Å². The molecule has 2 amide bonds.